The fraction of sp³-hybridized carbons (Fsp3) is 0. The van der Waals surface area contributed by atoms with Gasteiger partial charge in [0, 0.05) is 11.1 Å². The van der Waals surface area contributed by atoms with E-state index >= 15 is 0 Å². The summed E-state index contributed by atoms with van der Waals surface area (Å²) < 4.78 is 6.46. The molecule has 0 fully saturated rings. The van der Waals surface area contributed by atoms with Gasteiger partial charge in [-0.25, -0.2) is 0 Å². The summed E-state index contributed by atoms with van der Waals surface area (Å²) in [4.78, 5) is 0. The standard InChI is InChI=1S/C24H15NOS/c25-16-17-11-13-19(14-12-17)22-15-21(18-7-3-1-4-8-18)23(24(27)26-22)20-9-5-2-6-10-20/h1-15H. The molecule has 0 saturated heterocycles. The first-order chi connectivity index (χ1) is 13.3. The highest BCUT2D eigenvalue weighted by molar-refractivity contribution is 7.71. The van der Waals surface area contributed by atoms with Crippen LogP contribution in [0.3, 0.4) is 0 Å². The van der Waals surface area contributed by atoms with Gasteiger partial charge in [-0.3, -0.25) is 0 Å². The Balaban J connectivity index is 1.96. The van der Waals surface area contributed by atoms with Gasteiger partial charge >= 0.3 is 0 Å². The molecule has 3 aromatic carbocycles. The lowest BCUT2D eigenvalue weighted by Crippen LogP contribution is -1.89. The van der Waals surface area contributed by atoms with Crippen LogP contribution in [0.1, 0.15) is 5.56 Å². The molecule has 0 bridgehead atoms. The third-order valence-corrected chi connectivity index (χ3v) is 4.68. The van der Waals surface area contributed by atoms with E-state index in [1.54, 1.807) is 12.1 Å². The van der Waals surface area contributed by atoms with Crippen LogP contribution < -0.4 is 0 Å². The summed E-state index contributed by atoms with van der Waals surface area (Å²) in [6, 6.07) is 31.7. The Bertz CT molecular complexity index is 1170. The normalized spacial score (nSPS) is 10.3. The summed E-state index contributed by atoms with van der Waals surface area (Å²) in [6.07, 6.45) is 0. The molecular weight excluding hydrogens is 350 g/mol. The van der Waals surface area contributed by atoms with E-state index in [1.165, 1.54) is 0 Å². The molecule has 0 saturated carbocycles. The van der Waals surface area contributed by atoms with E-state index in [2.05, 4.69) is 18.2 Å². The van der Waals surface area contributed by atoms with Crippen molar-refractivity contribution in [2.75, 3.05) is 0 Å². The molecule has 4 aromatic rings. The molecule has 1 heterocycles. The lowest BCUT2D eigenvalue weighted by Gasteiger charge is -2.12. The first-order valence-electron chi connectivity index (χ1n) is 8.56. The van der Waals surface area contributed by atoms with E-state index in [0.29, 0.717) is 16.0 Å². The van der Waals surface area contributed by atoms with E-state index in [9.17, 15) is 0 Å². The van der Waals surface area contributed by atoms with E-state index in [0.717, 1.165) is 27.8 Å². The summed E-state index contributed by atoms with van der Waals surface area (Å²) >= 11 is 5.64. The topological polar surface area (TPSA) is 36.9 Å². The summed E-state index contributed by atoms with van der Waals surface area (Å²) in [5, 5.41) is 9.01. The highest BCUT2D eigenvalue weighted by atomic mass is 32.1. The number of rotatable bonds is 3. The predicted molar refractivity (Wildman–Crippen MR) is 111 cm³/mol. The minimum atomic E-state index is 0.446. The van der Waals surface area contributed by atoms with Gasteiger partial charge in [0.25, 0.3) is 0 Å². The smallest absolute Gasteiger partial charge is 0.199 e. The van der Waals surface area contributed by atoms with E-state index in [-0.39, 0.29) is 0 Å². The first kappa shape index (κ1) is 17.0. The third kappa shape index (κ3) is 3.44. The zero-order valence-electron chi connectivity index (χ0n) is 14.4. The molecule has 0 spiro atoms. The van der Waals surface area contributed by atoms with Gasteiger partial charge in [0.2, 0.25) is 0 Å². The summed E-state index contributed by atoms with van der Waals surface area (Å²) in [5.74, 6) is 0.683. The van der Waals surface area contributed by atoms with Crippen LogP contribution in [0.2, 0.25) is 0 Å². The lowest BCUT2D eigenvalue weighted by molar-refractivity contribution is 0.552. The summed E-state index contributed by atoms with van der Waals surface area (Å²) in [7, 11) is 0. The molecule has 3 heteroatoms. The van der Waals surface area contributed by atoms with Gasteiger partial charge in [-0.15, -0.1) is 0 Å². The van der Waals surface area contributed by atoms with Gasteiger partial charge in [-0.05, 0) is 59.2 Å². The van der Waals surface area contributed by atoms with Crippen molar-refractivity contribution in [1.29, 1.82) is 5.26 Å². The van der Waals surface area contributed by atoms with Crippen molar-refractivity contribution in [2.45, 2.75) is 0 Å². The van der Waals surface area contributed by atoms with Gasteiger partial charge in [0.05, 0.1) is 11.6 Å². The van der Waals surface area contributed by atoms with Crippen molar-refractivity contribution in [3.8, 4) is 39.6 Å². The minimum Gasteiger partial charge on any atom is -0.445 e. The molecule has 0 unspecified atom stereocenters. The van der Waals surface area contributed by atoms with Crippen molar-refractivity contribution < 1.29 is 4.42 Å². The molecule has 0 radical (unpaired) electrons. The molecule has 0 aliphatic heterocycles. The molecule has 128 valence electrons. The van der Waals surface area contributed by atoms with Gasteiger partial charge < -0.3 is 4.42 Å². The molecule has 0 atom stereocenters. The van der Waals surface area contributed by atoms with Crippen LogP contribution in [0.25, 0.3) is 33.6 Å². The zero-order valence-corrected chi connectivity index (χ0v) is 15.2. The predicted octanol–water partition coefficient (Wildman–Crippen LogP) is 6.88. The average molecular weight is 365 g/mol. The maximum absolute atomic E-state index is 9.01. The first-order valence-corrected chi connectivity index (χ1v) is 8.96. The highest BCUT2D eigenvalue weighted by Crippen LogP contribution is 2.36. The highest BCUT2D eigenvalue weighted by Gasteiger charge is 2.14. The Hall–Kier alpha value is -3.48. The van der Waals surface area contributed by atoms with Gasteiger partial charge in [0.1, 0.15) is 5.76 Å². The van der Waals surface area contributed by atoms with E-state index in [1.807, 2.05) is 66.7 Å². The number of nitrogens with zero attached hydrogens (tertiary/aromatic N) is 1. The maximum atomic E-state index is 9.01. The monoisotopic (exact) mass is 365 g/mol. The lowest BCUT2D eigenvalue weighted by atomic mass is 9.95. The number of hydrogen-bond acceptors (Lipinski definition) is 3. The fourth-order valence-corrected chi connectivity index (χ4v) is 3.39. The number of benzene rings is 3. The Morgan fingerprint density at radius 2 is 1.30 bits per heavy atom. The number of nitriles is 1. The van der Waals surface area contributed by atoms with Gasteiger partial charge in [-0.1, -0.05) is 60.7 Å². The van der Waals surface area contributed by atoms with Crippen LogP contribution in [-0.2, 0) is 0 Å². The van der Waals surface area contributed by atoms with Crippen LogP contribution in [0, 0.1) is 16.0 Å². The van der Waals surface area contributed by atoms with Crippen molar-refractivity contribution in [3.63, 3.8) is 0 Å². The second-order valence-corrected chi connectivity index (χ2v) is 6.48. The molecular formula is C24H15NOS. The largest absolute Gasteiger partial charge is 0.445 e. The van der Waals surface area contributed by atoms with E-state index in [4.69, 9.17) is 21.9 Å². The Kier molecular flexibility index (Phi) is 4.65. The summed E-state index contributed by atoms with van der Waals surface area (Å²) in [5.41, 5.74) is 5.54. The van der Waals surface area contributed by atoms with E-state index < -0.39 is 0 Å². The Morgan fingerprint density at radius 3 is 1.89 bits per heavy atom. The van der Waals surface area contributed by atoms with Gasteiger partial charge in [0.15, 0.2) is 4.71 Å². The van der Waals surface area contributed by atoms with Crippen LogP contribution in [0.4, 0.5) is 0 Å². The second kappa shape index (κ2) is 7.41. The summed E-state index contributed by atoms with van der Waals surface area (Å²) in [6.45, 7) is 0. The molecule has 0 aliphatic carbocycles. The van der Waals surface area contributed by atoms with Crippen LogP contribution in [-0.4, -0.2) is 0 Å². The van der Waals surface area contributed by atoms with Crippen molar-refractivity contribution >= 4 is 12.2 Å². The maximum Gasteiger partial charge on any atom is 0.199 e. The Labute approximate surface area is 163 Å². The molecule has 2 nitrogen and oxygen atoms in total. The van der Waals surface area contributed by atoms with Crippen molar-refractivity contribution in [3.05, 3.63) is 101 Å². The zero-order chi connectivity index (χ0) is 18.6. The quantitative estimate of drug-likeness (QED) is 0.371. The second-order valence-electron chi connectivity index (χ2n) is 6.11. The SMILES string of the molecule is N#Cc1ccc(-c2cc(-c3ccccc3)c(-c3ccccc3)c(=S)o2)cc1. The van der Waals surface area contributed by atoms with Crippen LogP contribution in [0.15, 0.2) is 95.4 Å². The van der Waals surface area contributed by atoms with Crippen molar-refractivity contribution in [1.82, 2.24) is 0 Å². The van der Waals surface area contributed by atoms with Crippen LogP contribution >= 0.6 is 12.2 Å². The minimum absolute atomic E-state index is 0.446. The molecule has 27 heavy (non-hydrogen) atoms. The molecule has 0 aliphatic rings. The number of hydrogen-bond donors (Lipinski definition) is 0. The molecule has 0 amide bonds. The van der Waals surface area contributed by atoms with Crippen molar-refractivity contribution in [2.24, 2.45) is 0 Å². The van der Waals surface area contributed by atoms with Crippen LogP contribution in [0.5, 0.6) is 0 Å². The molecule has 0 N–H and O–H groups in total. The third-order valence-electron chi connectivity index (χ3n) is 4.40. The van der Waals surface area contributed by atoms with Gasteiger partial charge in [-0.2, -0.15) is 5.26 Å². The Morgan fingerprint density at radius 1 is 0.704 bits per heavy atom. The molecule has 4 rings (SSSR count). The fourth-order valence-electron chi connectivity index (χ4n) is 3.07. The molecule has 1 aromatic heterocycles. The average Bonchev–Trinajstić information content (AvgIpc) is 2.74.